The Kier molecular flexibility index (Phi) is 13.3. The van der Waals surface area contributed by atoms with Crippen LogP contribution in [0.1, 0.15) is 78.2 Å². The quantitative estimate of drug-likeness (QED) is 0.156. The predicted molar refractivity (Wildman–Crippen MR) is 141 cm³/mol. The first-order chi connectivity index (χ1) is 15.6. The van der Waals surface area contributed by atoms with Gasteiger partial charge in [-0.15, -0.1) is 0 Å². The number of benzene rings is 1. The Hall–Kier alpha value is -0.521. The van der Waals surface area contributed by atoms with Crippen LogP contribution in [0.2, 0.25) is 13.3 Å². The molecule has 0 spiro atoms. The van der Waals surface area contributed by atoms with E-state index in [0.29, 0.717) is 0 Å². The molecule has 0 unspecified atom stereocenters. The normalized spacial score (nSPS) is 16.1. The van der Waals surface area contributed by atoms with Crippen LogP contribution in [0.25, 0.3) is 0 Å². The maximum atomic E-state index is 6.75. The summed E-state index contributed by atoms with van der Waals surface area (Å²) in [6, 6.07) is 8.51. The zero-order valence-corrected chi connectivity index (χ0v) is 24.5. The van der Waals surface area contributed by atoms with Gasteiger partial charge in [-0.25, -0.2) is 0 Å². The van der Waals surface area contributed by atoms with E-state index in [1.54, 1.807) is 7.11 Å². The van der Waals surface area contributed by atoms with Gasteiger partial charge in [-0.1, -0.05) is 0 Å². The average Bonchev–Trinajstić information content (AvgIpc) is 2.83. The fourth-order valence-electron chi connectivity index (χ4n) is 4.91. The molecule has 0 saturated carbocycles. The Morgan fingerprint density at radius 3 is 2.06 bits per heavy atom. The monoisotopic (exact) mass is 551 g/mol. The number of methoxy groups -OCH3 is 1. The van der Waals surface area contributed by atoms with E-state index in [1.807, 2.05) is 0 Å². The van der Waals surface area contributed by atoms with E-state index >= 15 is 0 Å². The van der Waals surface area contributed by atoms with E-state index in [-0.39, 0.29) is 6.10 Å². The fourth-order valence-corrected chi connectivity index (χ4v) is 19.5. The summed E-state index contributed by atoms with van der Waals surface area (Å²) < 4.78 is 17.8. The number of hydrogen-bond acceptors (Lipinski definition) is 3. The molecule has 0 radical (unpaired) electrons. The summed E-state index contributed by atoms with van der Waals surface area (Å²) in [4.78, 5) is 2.57. The number of rotatable bonds is 16. The third kappa shape index (κ3) is 9.38. The Balaban J connectivity index is 1.95. The van der Waals surface area contributed by atoms with Gasteiger partial charge in [0, 0.05) is 0 Å². The van der Waals surface area contributed by atoms with Crippen molar-refractivity contribution in [2.75, 3.05) is 24.8 Å². The van der Waals surface area contributed by atoms with E-state index in [2.05, 4.69) is 62.9 Å². The molecular formula is C28H49NO2Sn. The maximum absolute atomic E-state index is 6.75. The van der Waals surface area contributed by atoms with Crippen LogP contribution in [0.5, 0.6) is 5.75 Å². The van der Waals surface area contributed by atoms with Crippen molar-refractivity contribution in [2.24, 2.45) is 0 Å². The SMILES string of the molecule is CCC[CH2][Sn]([CH2]CCC)([CH2]CCC)[CH2]O[C@@H](C)C1=CCCN(Cc2ccc(OC)cc2)C1. The molecule has 0 fully saturated rings. The molecule has 4 heteroatoms. The first-order valence-corrected chi connectivity index (χ1v) is 21.3. The van der Waals surface area contributed by atoms with Gasteiger partial charge in [0.1, 0.15) is 0 Å². The standard InChI is InChI=1S/C16H22NO2.3C4H9.Sn/c1-13(18-2)15-5-4-10-17(12-15)11-14-6-8-16(19-3)9-7-14;3*1-3-4-2;/h5-9,13H,2,4,10-12H2,1,3H3;3*1,3-4H2,2H3;/t13-;;;;/m0..../s1. The van der Waals surface area contributed by atoms with Crippen LogP contribution in [0.4, 0.5) is 0 Å². The van der Waals surface area contributed by atoms with Crippen molar-refractivity contribution in [3.05, 3.63) is 41.5 Å². The molecule has 1 aliphatic heterocycles. The number of ether oxygens (including phenoxy) is 2. The molecule has 3 nitrogen and oxygen atoms in total. The van der Waals surface area contributed by atoms with Gasteiger partial charge < -0.3 is 0 Å². The topological polar surface area (TPSA) is 21.7 Å². The summed E-state index contributed by atoms with van der Waals surface area (Å²) in [5, 5.41) is 0. The average molecular weight is 550 g/mol. The summed E-state index contributed by atoms with van der Waals surface area (Å²) in [6.07, 6.45) is 12.1. The van der Waals surface area contributed by atoms with Crippen LogP contribution >= 0.6 is 0 Å². The van der Waals surface area contributed by atoms with Gasteiger partial charge in [0.15, 0.2) is 0 Å². The molecular weight excluding hydrogens is 501 g/mol. The number of hydrogen-bond donors (Lipinski definition) is 0. The van der Waals surface area contributed by atoms with E-state index in [4.69, 9.17) is 9.47 Å². The zero-order chi connectivity index (χ0) is 23.2. The van der Waals surface area contributed by atoms with Crippen molar-refractivity contribution in [3.8, 4) is 5.75 Å². The summed E-state index contributed by atoms with van der Waals surface area (Å²) in [7, 11) is 1.73. The Bertz CT molecular complexity index is 636. The van der Waals surface area contributed by atoms with Crippen LogP contribution in [-0.2, 0) is 11.3 Å². The van der Waals surface area contributed by atoms with Gasteiger partial charge in [0.05, 0.1) is 7.11 Å². The van der Waals surface area contributed by atoms with Crippen molar-refractivity contribution in [2.45, 2.75) is 98.6 Å². The third-order valence-corrected chi connectivity index (χ3v) is 21.5. The Labute approximate surface area is 202 Å². The molecule has 0 N–H and O–H groups in total. The van der Waals surface area contributed by atoms with E-state index in [0.717, 1.165) is 36.4 Å². The molecule has 1 aromatic rings. The van der Waals surface area contributed by atoms with Crippen LogP contribution in [0.3, 0.4) is 0 Å². The van der Waals surface area contributed by atoms with Crippen molar-refractivity contribution < 1.29 is 9.47 Å². The van der Waals surface area contributed by atoms with E-state index in [1.165, 1.54) is 63.0 Å². The van der Waals surface area contributed by atoms with Crippen LogP contribution < -0.4 is 4.74 Å². The van der Waals surface area contributed by atoms with Crippen molar-refractivity contribution in [1.82, 2.24) is 4.90 Å². The van der Waals surface area contributed by atoms with Crippen LogP contribution in [0.15, 0.2) is 35.9 Å². The molecule has 1 heterocycles. The van der Waals surface area contributed by atoms with Gasteiger partial charge in [-0.3, -0.25) is 0 Å². The first kappa shape index (κ1) is 27.7. The van der Waals surface area contributed by atoms with Crippen molar-refractivity contribution >= 4 is 18.4 Å². The molecule has 1 aromatic carbocycles. The summed E-state index contributed by atoms with van der Waals surface area (Å²) in [6.45, 7) is 12.5. The number of nitrogens with zero attached hydrogens (tertiary/aromatic N) is 1. The molecule has 0 aromatic heterocycles. The molecule has 2 rings (SSSR count). The molecule has 0 aliphatic carbocycles. The number of unbranched alkanes of at least 4 members (excludes halogenated alkanes) is 3. The van der Waals surface area contributed by atoms with Crippen molar-refractivity contribution in [1.29, 1.82) is 0 Å². The van der Waals surface area contributed by atoms with E-state index in [9.17, 15) is 0 Å². The van der Waals surface area contributed by atoms with Gasteiger partial charge in [0.2, 0.25) is 0 Å². The minimum atomic E-state index is -2.23. The molecule has 0 saturated heterocycles. The first-order valence-electron chi connectivity index (χ1n) is 13.2. The second-order valence-electron chi connectivity index (χ2n) is 9.89. The Morgan fingerprint density at radius 1 is 0.938 bits per heavy atom. The second kappa shape index (κ2) is 15.4. The molecule has 32 heavy (non-hydrogen) atoms. The van der Waals surface area contributed by atoms with E-state index < -0.39 is 18.4 Å². The molecule has 1 atom stereocenters. The van der Waals surface area contributed by atoms with Gasteiger partial charge in [-0.2, -0.15) is 0 Å². The Morgan fingerprint density at radius 2 is 1.53 bits per heavy atom. The van der Waals surface area contributed by atoms with Gasteiger partial charge >= 0.3 is 196 Å². The van der Waals surface area contributed by atoms with Gasteiger partial charge in [0.25, 0.3) is 0 Å². The summed E-state index contributed by atoms with van der Waals surface area (Å²) in [5.74, 6) is 0.930. The second-order valence-corrected chi connectivity index (χ2v) is 23.6. The van der Waals surface area contributed by atoms with Crippen LogP contribution in [0, 0.1) is 0 Å². The molecule has 0 bridgehead atoms. The summed E-state index contributed by atoms with van der Waals surface area (Å²) >= 11 is -2.23. The van der Waals surface area contributed by atoms with Crippen LogP contribution in [-0.4, -0.2) is 54.2 Å². The molecule has 1 aliphatic rings. The van der Waals surface area contributed by atoms with Gasteiger partial charge in [-0.05, 0) is 0 Å². The summed E-state index contributed by atoms with van der Waals surface area (Å²) in [5.41, 5.74) is 2.85. The minimum absolute atomic E-state index is 0.259. The molecule has 182 valence electrons. The van der Waals surface area contributed by atoms with Crippen molar-refractivity contribution in [3.63, 3.8) is 0 Å². The fraction of sp³-hybridized carbons (Fsp3) is 0.714. The molecule has 0 amide bonds. The third-order valence-electron chi connectivity index (χ3n) is 7.17. The zero-order valence-electron chi connectivity index (χ0n) is 21.6. The predicted octanol–water partition coefficient (Wildman–Crippen LogP) is 7.62.